The maximum absolute atomic E-state index is 12.8. The van der Waals surface area contributed by atoms with Crippen molar-refractivity contribution in [1.29, 1.82) is 0 Å². The number of aromatic amines is 1. The highest BCUT2D eigenvalue weighted by Gasteiger charge is 2.22. The molecule has 4 aromatic rings. The number of morpholine rings is 1. The first-order valence-corrected chi connectivity index (χ1v) is 14.3. The van der Waals surface area contributed by atoms with Gasteiger partial charge in [-0.3, -0.25) is 5.10 Å². The van der Waals surface area contributed by atoms with Gasteiger partial charge in [-0.05, 0) is 49.4 Å². The number of aromatic nitrogens is 4. The number of ether oxygens (including phenoxy) is 1. The molecule has 0 bridgehead atoms. The average molecular weight is 556 g/mol. The molecule has 3 N–H and O–H groups in total. The third-order valence-corrected chi connectivity index (χ3v) is 7.71. The Morgan fingerprint density at radius 3 is 2.12 bits per heavy atom. The molecule has 2 aromatic heterocycles. The summed E-state index contributed by atoms with van der Waals surface area (Å²) in [7, 11) is 2.15. The van der Waals surface area contributed by atoms with Crippen molar-refractivity contribution in [2.45, 2.75) is 19.8 Å². The van der Waals surface area contributed by atoms with Gasteiger partial charge >= 0.3 is 6.03 Å². The van der Waals surface area contributed by atoms with Crippen molar-refractivity contribution in [1.82, 2.24) is 25.1 Å². The lowest BCUT2D eigenvalue weighted by Gasteiger charge is -2.34. The fourth-order valence-electron chi connectivity index (χ4n) is 5.29. The monoisotopic (exact) mass is 555 g/mol. The lowest BCUT2D eigenvalue weighted by molar-refractivity contribution is 0.122. The SMILES string of the molecule is CC(C)c1[nH]nc2nc(N3CCOCC3)nc(-c3ccc(NC(=O)Nc4ccc(N5CCN(C)CC5)cc4)cc3)c12. The van der Waals surface area contributed by atoms with Gasteiger partial charge in [-0.2, -0.15) is 10.1 Å². The summed E-state index contributed by atoms with van der Waals surface area (Å²) in [6.07, 6.45) is 0. The highest BCUT2D eigenvalue weighted by Crippen LogP contribution is 2.33. The molecule has 2 aromatic carbocycles. The molecule has 0 aliphatic carbocycles. The number of nitrogens with one attached hydrogen (secondary N) is 3. The van der Waals surface area contributed by atoms with E-state index in [1.54, 1.807) is 0 Å². The van der Waals surface area contributed by atoms with Crippen molar-refractivity contribution in [2.24, 2.45) is 0 Å². The molecule has 41 heavy (non-hydrogen) atoms. The number of fused-ring (bicyclic) bond motifs is 1. The minimum absolute atomic E-state index is 0.233. The standard InChI is InChI=1S/C30H37N9O2/c1-20(2)26-25-27(33-29(34-28(25)36-35-26)39-16-18-41-19-17-39)21-4-6-22(7-5-21)31-30(40)32-23-8-10-24(11-9-23)38-14-12-37(3)13-15-38/h4-11,20H,12-19H2,1-3H3,(H2,31,32,40)(H,33,34,35,36). The van der Waals surface area contributed by atoms with Gasteiger partial charge < -0.3 is 30.1 Å². The molecule has 0 radical (unpaired) electrons. The topological polar surface area (TPSA) is 115 Å². The molecule has 2 aliphatic rings. The number of anilines is 4. The molecule has 0 atom stereocenters. The molecule has 11 nitrogen and oxygen atoms in total. The fraction of sp³-hybridized carbons (Fsp3) is 0.400. The van der Waals surface area contributed by atoms with Crippen LogP contribution in [-0.2, 0) is 4.74 Å². The number of likely N-dealkylation sites (N-methyl/N-ethyl adjacent to an activating group) is 1. The second-order valence-electron chi connectivity index (χ2n) is 11.0. The third kappa shape index (κ3) is 5.96. The molecule has 2 aliphatic heterocycles. The number of rotatable bonds is 6. The summed E-state index contributed by atoms with van der Waals surface area (Å²) in [5.74, 6) is 0.884. The molecule has 2 amide bonds. The number of carbonyl (C=O) groups excluding carboxylic acids is 1. The van der Waals surface area contributed by atoms with Crippen LogP contribution in [0.4, 0.5) is 27.8 Å². The van der Waals surface area contributed by atoms with Crippen LogP contribution in [0.5, 0.6) is 0 Å². The van der Waals surface area contributed by atoms with Crippen LogP contribution in [0.2, 0.25) is 0 Å². The minimum atomic E-state index is -0.291. The lowest BCUT2D eigenvalue weighted by atomic mass is 10.0. The van der Waals surface area contributed by atoms with Gasteiger partial charge in [-0.1, -0.05) is 26.0 Å². The number of nitrogens with zero attached hydrogens (tertiary/aromatic N) is 6. The van der Waals surface area contributed by atoms with E-state index in [9.17, 15) is 4.79 Å². The zero-order chi connectivity index (χ0) is 28.3. The van der Waals surface area contributed by atoms with E-state index in [1.807, 2.05) is 36.4 Å². The van der Waals surface area contributed by atoms with Crippen molar-refractivity contribution in [3.63, 3.8) is 0 Å². The average Bonchev–Trinajstić information content (AvgIpc) is 3.43. The van der Waals surface area contributed by atoms with Gasteiger partial charge in [0.1, 0.15) is 0 Å². The maximum atomic E-state index is 12.8. The first-order chi connectivity index (χ1) is 19.9. The van der Waals surface area contributed by atoms with Gasteiger partial charge in [-0.25, -0.2) is 9.78 Å². The van der Waals surface area contributed by atoms with Gasteiger partial charge in [0.2, 0.25) is 5.95 Å². The Morgan fingerprint density at radius 1 is 0.854 bits per heavy atom. The number of urea groups is 1. The second kappa shape index (κ2) is 11.7. The summed E-state index contributed by atoms with van der Waals surface area (Å²) >= 11 is 0. The molecule has 0 spiro atoms. The van der Waals surface area contributed by atoms with Crippen LogP contribution < -0.4 is 20.4 Å². The van der Waals surface area contributed by atoms with Gasteiger partial charge in [0.25, 0.3) is 0 Å². The number of piperazine rings is 1. The molecule has 214 valence electrons. The van der Waals surface area contributed by atoms with Crippen molar-refractivity contribution >= 4 is 40.1 Å². The molecule has 2 saturated heterocycles. The smallest absolute Gasteiger partial charge is 0.323 e. The molecule has 0 unspecified atom stereocenters. The van der Waals surface area contributed by atoms with Crippen LogP contribution in [0.15, 0.2) is 48.5 Å². The maximum Gasteiger partial charge on any atom is 0.323 e. The van der Waals surface area contributed by atoms with E-state index in [1.165, 1.54) is 5.69 Å². The summed E-state index contributed by atoms with van der Waals surface area (Å²) in [6.45, 7) is 11.2. The predicted octanol–water partition coefficient (Wildman–Crippen LogP) is 4.38. The number of hydrogen-bond donors (Lipinski definition) is 3. The number of amides is 2. The Bertz CT molecular complexity index is 1490. The van der Waals surface area contributed by atoms with Crippen molar-refractivity contribution < 1.29 is 9.53 Å². The van der Waals surface area contributed by atoms with Crippen molar-refractivity contribution in [3.05, 3.63) is 54.2 Å². The van der Waals surface area contributed by atoms with Crippen LogP contribution in [0.25, 0.3) is 22.3 Å². The molecular weight excluding hydrogens is 518 g/mol. The third-order valence-electron chi connectivity index (χ3n) is 7.71. The summed E-state index contributed by atoms with van der Waals surface area (Å²) in [6, 6.07) is 15.5. The van der Waals surface area contributed by atoms with Crippen LogP contribution >= 0.6 is 0 Å². The van der Waals surface area contributed by atoms with Gasteiger partial charge in [0, 0.05) is 67.6 Å². The van der Waals surface area contributed by atoms with Crippen LogP contribution in [-0.4, -0.2) is 90.6 Å². The number of carbonyl (C=O) groups is 1. The normalized spacial score (nSPS) is 16.4. The second-order valence-corrected chi connectivity index (χ2v) is 11.0. The summed E-state index contributed by atoms with van der Waals surface area (Å²) < 4.78 is 5.51. The summed E-state index contributed by atoms with van der Waals surface area (Å²) in [4.78, 5) is 29.3. The van der Waals surface area contributed by atoms with E-state index in [2.05, 4.69) is 68.6 Å². The van der Waals surface area contributed by atoms with Crippen LogP contribution in [0.1, 0.15) is 25.5 Å². The zero-order valence-corrected chi connectivity index (χ0v) is 23.9. The van der Waals surface area contributed by atoms with E-state index >= 15 is 0 Å². The first kappa shape index (κ1) is 27.0. The van der Waals surface area contributed by atoms with Gasteiger partial charge in [-0.15, -0.1) is 0 Å². The quantitative estimate of drug-likeness (QED) is 0.321. The lowest BCUT2D eigenvalue weighted by Crippen LogP contribution is -2.44. The largest absolute Gasteiger partial charge is 0.378 e. The van der Waals surface area contributed by atoms with Crippen LogP contribution in [0, 0.1) is 0 Å². The minimum Gasteiger partial charge on any atom is -0.378 e. The number of hydrogen-bond acceptors (Lipinski definition) is 8. The molecular formula is C30H37N9O2. The summed E-state index contributed by atoms with van der Waals surface area (Å²) in [5.41, 5.74) is 6.02. The highest BCUT2D eigenvalue weighted by molar-refractivity contribution is 6.00. The van der Waals surface area contributed by atoms with E-state index in [0.29, 0.717) is 30.5 Å². The summed E-state index contributed by atoms with van der Waals surface area (Å²) in [5, 5.41) is 14.5. The van der Waals surface area contributed by atoms with Crippen molar-refractivity contribution in [3.8, 4) is 11.3 Å². The number of H-pyrrole nitrogens is 1. The zero-order valence-electron chi connectivity index (χ0n) is 23.9. The Balaban J connectivity index is 1.17. The molecule has 0 saturated carbocycles. The highest BCUT2D eigenvalue weighted by atomic mass is 16.5. The Kier molecular flexibility index (Phi) is 7.71. The van der Waals surface area contributed by atoms with E-state index < -0.39 is 0 Å². The van der Waals surface area contributed by atoms with E-state index in [0.717, 1.165) is 67.3 Å². The molecule has 6 rings (SSSR count). The number of benzene rings is 2. The Morgan fingerprint density at radius 2 is 1.49 bits per heavy atom. The predicted molar refractivity (Wildman–Crippen MR) is 163 cm³/mol. The first-order valence-electron chi connectivity index (χ1n) is 14.3. The fourth-order valence-corrected chi connectivity index (χ4v) is 5.29. The van der Waals surface area contributed by atoms with Crippen molar-refractivity contribution in [2.75, 3.05) is 80.0 Å². The van der Waals surface area contributed by atoms with E-state index in [4.69, 9.17) is 14.7 Å². The van der Waals surface area contributed by atoms with Crippen LogP contribution in [0.3, 0.4) is 0 Å². The molecule has 11 heteroatoms. The Hall–Kier alpha value is -4.22. The van der Waals surface area contributed by atoms with E-state index in [-0.39, 0.29) is 11.9 Å². The molecule has 2 fully saturated rings. The van der Waals surface area contributed by atoms with Gasteiger partial charge in [0.05, 0.1) is 24.3 Å². The Labute approximate surface area is 239 Å². The molecule has 4 heterocycles. The van der Waals surface area contributed by atoms with Gasteiger partial charge in [0.15, 0.2) is 5.65 Å².